The van der Waals surface area contributed by atoms with E-state index in [9.17, 15) is 0 Å². The van der Waals surface area contributed by atoms with E-state index in [1.807, 2.05) is 0 Å². The highest BCUT2D eigenvalue weighted by molar-refractivity contribution is 7.89. The Kier molecular flexibility index (Phi) is 20.3. The highest BCUT2D eigenvalue weighted by atomic mass is 14.3. The van der Waals surface area contributed by atoms with Crippen LogP contribution in [0.5, 0.6) is 0 Å². The molecule has 0 bridgehead atoms. The van der Waals surface area contributed by atoms with Crippen LogP contribution in [0.3, 0.4) is 0 Å². The van der Waals surface area contributed by atoms with Gasteiger partial charge in [-0.25, -0.2) is 0 Å². The molecule has 0 nitrogen and oxygen atoms in total. The minimum atomic E-state index is 0.280. The summed E-state index contributed by atoms with van der Waals surface area (Å²) in [6.07, 6.45) is 2.84. The first-order chi connectivity index (χ1) is 37.7. The predicted octanol–water partition coefficient (Wildman–Crippen LogP) is -14.1. The largest absolute Gasteiger partial charge is 0.139 e. The molecule has 7 aromatic carbocycles. The maximum Gasteiger partial charge on any atom is 0.139 e. The van der Waals surface area contributed by atoms with Crippen molar-refractivity contribution < 1.29 is 0 Å². The molecule has 0 atom stereocenters. The number of fused-ring (bicyclic) bond motifs is 4. The van der Waals surface area contributed by atoms with Crippen LogP contribution >= 0.6 is 0 Å². The summed E-state index contributed by atoms with van der Waals surface area (Å²) in [5.41, 5.74) is 39.0. The van der Waals surface area contributed by atoms with Gasteiger partial charge in [0.15, 0.2) is 0 Å². The number of hydrogen-bond acceptors (Lipinski definition) is 0. The second-order valence-corrected chi connectivity index (χ2v) is 29.0. The molecule has 32 heteroatoms. The second-order valence-electron chi connectivity index (χ2n) is 29.0. The molecule has 0 aromatic heterocycles. The van der Waals surface area contributed by atoms with Crippen LogP contribution in [0.4, 0.5) is 0 Å². The second kappa shape index (κ2) is 24.8. The first kappa shape index (κ1) is 66.2. The van der Waals surface area contributed by atoms with Gasteiger partial charge in [-0.3, -0.25) is 0 Å². The molecule has 0 aliphatic carbocycles. The van der Waals surface area contributed by atoms with Crippen molar-refractivity contribution >= 4 is 313 Å². The van der Waals surface area contributed by atoms with Crippen molar-refractivity contribution in [3.05, 3.63) is 83.5 Å². The van der Waals surface area contributed by atoms with Crippen LogP contribution in [0.25, 0.3) is 65.3 Å². The maximum atomic E-state index is 2.66. The zero-order valence-corrected chi connectivity index (χ0v) is 58.5. The SMILES string of the molecule is BBB(B)B(B(B)B)c1c(B(B(B)B)B(B)B)c(B(BB)B(B)B)c(B(B)B(B)B)c2c(-c3c4c(C)c(C)c(C)c(C)c4c(-c4c(C)c(C)c(C)c5c(C)c(C)c(C)c(C)c45)c4c(C)c(C)c(C)c(C)c34)c(B(B)B)c(BB)c(B)c12. The van der Waals surface area contributed by atoms with E-state index >= 15 is 0 Å². The van der Waals surface area contributed by atoms with E-state index in [2.05, 4.69) is 243 Å². The minimum absolute atomic E-state index is 0.280. The highest BCUT2D eigenvalue weighted by Gasteiger charge is 2.44. The van der Waals surface area contributed by atoms with Crippen molar-refractivity contribution in [3.63, 3.8) is 0 Å². The summed E-state index contributed by atoms with van der Waals surface area (Å²) < 4.78 is 0. The number of benzene rings is 7. The van der Waals surface area contributed by atoms with Gasteiger partial charge in [0.05, 0.1) is 165 Å². The molecule has 7 aromatic rings. The lowest BCUT2D eigenvalue weighted by Gasteiger charge is -2.42. The first-order valence-corrected chi connectivity index (χ1v) is 32.8. The molecule has 0 amide bonds. The molecular weight excluding hydrogens is 935 g/mol. The van der Waals surface area contributed by atoms with E-state index in [4.69, 9.17) is 0 Å². The Labute approximate surface area is 518 Å². The Balaban J connectivity index is 2.15. The lowest BCUT2D eigenvalue weighted by atomic mass is 8.66. The molecule has 0 aliphatic heterocycles. The van der Waals surface area contributed by atoms with Crippen LogP contribution in [0.2, 0.25) is 0 Å². The van der Waals surface area contributed by atoms with E-state index in [1.165, 1.54) is 132 Å². The number of aryl methyl sites for hydroxylation is 7. The van der Waals surface area contributed by atoms with Crippen LogP contribution in [0, 0.1) is 104 Å². The van der Waals surface area contributed by atoms with Crippen molar-refractivity contribution in [2.75, 3.05) is 0 Å². The van der Waals surface area contributed by atoms with E-state index in [-0.39, 0.29) is 6.49 Å². The molecule has 0 saturated carbocycles. The van der Waals surface area contributed by atoms with Gasteiger partial charge in [-0.15, -0.1) is 16.4 Å². The molecule has 0 N–H and O–H groups in total. The quantitative estimate of drug-likeness (QED) is 0.0668. The van der Waals surface area contributed by atoms with Crippen LogP contribution in [0.15, 0.2) is 0 Å². The molecule has 0 fully saturated rings. The van der Waals surface area contributed by atoms with Crippen molar-refractivity contribution in [1.82, 2.24) is 0 Å². The topological polar surface area (TPSA) is 0 Å². The normalized spacial score (nSPS) is 11.3. The average molecular weight is 1020 g/mol. The van der Waals surface area contributed by atoms with Crippen molar-refractivity contribution in [3.8, 4) is 22.3 Å². The highest BCUT2D eigenvalue weighted by Crippen LogP contribution is 2.54. The molecule has 0 aliphatic rings. The van der Waals surface area contributed by atoms with Crippen molar-refractivity contribution in [1.29, 1.82) is 0 Å². The van der Waals surface area contributed by atoms with Crippen molar-refractivity contribution in [2.24, 2.45) is 0 Å². The van der Waals surface area contributed by atoms with E-state index in [0.717, 1.165) is 21.3 Å². The molecular formula is C49H84B32. The van der Waals surface area contributed by atoms with Gasteiger partial charge in [-0.2, -0.15) is 0 Å². The van der Waals surface area contributed by atoms with Gasteiger partial charge in [0, 0.05) is 45.4 Å². The zero-order valence-electron chi connectivity index (χ0n) is 58.5. The van der Waals surface area contributed by atoms with Crippen LogP contribution in [-0.2, 0) is 0 Å². The molecule has 81 heavy (non-hydrogen) atoms. The summed E-state index contributed by atoms with van der Waals surface area (Å²) in [6.45, 7) is 38.5. The van der Waals surface area contributed by atoms with Crippen LogP contribution < -0.4 is 38.2 Å². The fourth-order valence-corrected chi connectivity index (χ4v) is 17.2. The summed E-state index contributed by atoms with van der Waals surface area (Å²) in [4.78, 5) is 0. The Hall–Kier alpha value is -2.34. The van der Waals surface area contributed by atoms with Gasteiger partial charge >= 0.3 is 0 Å². The van der Waals surface area contributed by atoms with Crippen LogP contribution in [0.1, 0.15) is 83.5 Å². The molecule has 376 valence electrons. The van der Waals surface area contributed by atoms with Gasteiger partial charge in [-0.05, 0) is 253 Å². The monoisotopic (exact) mass is 1020 g/mol. The maximum absolute atomic E-state index is 2.66. The third-order valence-corrected chi connectivity index (χ3v) is 23.1. The summed E-state index contributed by atoms with van der Waals surface area (Å²) in [5, 5.41) is 12.0. The minimum Gasteiger partial charge on any atom is -0.113 e. The van der Waals surface area contributed by atoms with Crippen LogP contribution in [-0.4, -0.2) is 231 Å². The lowest BCUT2D eigenvalue weighted by Crippen LogP contribution is -2.80. The van der Waals surface area contributed by atoms with Gasteiger partial charge in [0.2, 0.25) is 0 Å². The lowest BCUT2D eigenvalue weighted by molar-refractivity contribution is 1.22. The van der Waals surface area contributed by atoms with Gasteiger partial charge in [-0.1, -0.05) is 21.9 Å². The molecule has 0 spiro atoms. The zero-order chi connectivity index (χ0) is 61.1. The summed E-state index contributed by atoms with van der Waals surface area (Å²) in [6, 6.07) is 0. The Morgan fingerprint density at radius 3 is 0.963 bits per heavy atom. The third kappa shape index (κ3) is 10.3. The third-order valence-electron chi connectivity index (χ3n) is 23.1. The molecule has 0 unspecified atom stereocenters. The Morgan fingerprint density at radius 2 is 0.642 bits per heavy atom. The molecule has 0 radical (unpaired) electrons. The standard InChI is InChI=1S/C49H84B32/c1-16-17(2)25(10)32-31(23(16)8)24(9)22(7)30(15)33(32)38-34-26(11)18(3)20(5)28(13)36(34)39(37-29(14)21(6)19(4)27(12)35(37)38)40-41-42(43(50)44(68-51)45(40)71(54)55)47(75(80(65)66)81(67)70-53)49(74(78(61)62)79(63)64)48(73(69-52)77(59)60)46(41)72(56)76(57)58/h68-70H,50-67H2,1-15H3. The fraction of sp³-hybridized carbons (Fsp3) is 0.306. The summed E-state index contributed by atoms with van der Waals surface area (Å²) in [7, 11) is 49.4. The fourth-order valence-electron chi connectivity index (χ4n) is 17.2. The van der Waals surface area contributed by atoms with Gasteiger partial charge in [0.1, 0.15) is 21.5 Å². The first-order valence-electron chi connectivity index (χ1n) is 32.8. The molecule has 0 heterocycles. The van der Waals surface area contributed by atoms with Gasteiger partial charge < -0.3 is 0 Å². The van der Waals surface area contributed by atoms with Crippen molar-refractivity contribution in [2.45, 2.75) is 104 Å². The Morgan fingerprint density at radius 1 is 0.284 bits per heavy atom. The number of rotatable bonds is 16. The van der Waals surface area contributed by atoms with E-state index < -0.39 is 0 Å². The smallest absolute Gasteiger partial charge is 0.113 e. The van der Waals surface area contributed by atoms with Gasteiger partial charge in [0.25, 0.3) is 0 Å². The van der Waals surface area contributed by atoms with E-state index in [0.29, 0.717) is 64.3 Å². The number of hydrogen-bond donors (Lipinski definition) is 0. The molecule has 7 rings (SSSR count). The average Bonchev–Trinajstić information content (AvgIpc) is 3.40. The molecule has 0 saturated heterocycles. The Bertz CT molecular complexity index is 3620. The predicted molar refractivity (Wildman–Crippen MR) is 454 cm³/mol. The van der Waals surface area contributed by atoms with E-state index in [1.54, 1.807) is 54.6 Å². The summed E-state index contributed by atoms with van der Waals surface area (Å²) in [5.74, 6) is 0. The summed E-state index contributed by atoms with van der Waals surface area (Å²) >= 11 is 0.